The summed E-state index contributed by atoms with van der Waals surface area (Å²) < 4.78 is 0.598. The Hall–Kier alpha value is -0.980. The lowest BCUT2D eigenvalue weighted by Gasteiger charge is -2.34. The highest BCUT2D eigenvalue weighted by Gasteiger charge is 2.21. The van der Waals surface area contributed by atoms with E-state index in [-0.39, 0.29) is 10.6 Å². The molecule has 1 N–H and O–H groups in total. The quantitative estimate of drug-likeness (QED) is 0.686. The number of benzene rings is 1. The molecular formula is C12H16BrN3O2. The maximum Gasteiger partial charge on any atom is 0.283 e. The van der Waals surface area contributed by atoms with E-state index in [1.807, 2.05) is 6.07 Å². The Kier molecular flexibility index (Phi) is 4.31. The molecule has 1 heterocycles. The number of nitro benzene ring substituents is 1. The van der Waals surface area contributed by atoms with Gasteiger partial charge in [0, 0.05) is 38.3 Å². The summed E-state index contributed by atoms with van der Waals surface area (Å²) in [6.45, 7) is 5.81. The van der Waals surface area contributed by atoms with Gasteiger partial charge >= 0.3 is 0 Å². The summed E-state index contributed by atoms with van der Waals surface area (Å²) in [4.78, 5) is 12.9. The van der Waals surface area contributed by atoms with E-state index >= 15 is 0 Å². The number of nitrogens with zero attached hydrogens (tertiary/aromatic N) is 2. The Labute approximate surface area is 114 Å². The normalized spacial score (nSPS) is 20.9. The van der Waals surface area contributed by atoms with Crippen molar-refractivity contribution in [1.82, 2.24) is 10.2 Å². The maximum atomic E-state index is 10.9. The first-order valence-corrected chi connectivity index (χ1v) is 6.75. The van der Waals surface area contributed by atoms with Crippen LogP contribution in [0, 0.1) is 10.1 Å². The standard InChI is InChI=1S/C12H16BrN3O2/c1-9-7-14-5-6-15(9)8-10-3-2-4-11(12(10)13)16(17)18/h2-4,9,14H,5-8H2,1H3/t9-/m1/s1. The molecule has 1 aromatic rings. The molecule has 1 aliphatic heterocycles. The molecule has 5 nitrogen and oxygen atoms in total. The van der Waals surface area contributed by atoms with Gasteiger partial charge in [0.1, 0.15) is 0 Å². The van der Waals surface area contributed by atoms with E-state index in [2.05, 4.69) is 33.1 Å². The predicted molar refractivity (Wildman–Crippen MR) is 73.5 cm³/mol. The Morgan fingerprint density at radius 3 is 3.06 bits per heavy atom. The monoisotopic (exact) mass is 313 g/mol. The number of hydrogen-bond acceptors (Lipinski definition) is 4. The molecule has 0 unspecified atom stereocenters. The van der Waals surface area contributed by atoms with Gasteiger partial charge in [-0.25, -0.2) is 0 Å². The molecule has 1 atom stereocenters. The number of piperazine rings is 1. The molecule has 1 fully saturated rings. The van der Waals surface area contributed by atoms with Crippen LogP contribution < -0.4 is 5.32 Å². The minimum Gasteiger partial charge on any atom is -0.314 e. The number of nitrogens with one attached hydrogen (secondary N) is 1. The second-order valence-electron chi connectivity index (χ2n) is 4.53. The van der Waals surface area contributed by atoms with Crippen LogP contribution >= 0.6 is 15.9 Å². The molecule has 6 heteroatoms. The van der Waals surface area contributed by atoms with Crippen LogP contribution in [0.15, 0.2) is 22.7 Å². The summed E-state index contributed by atoms with van der Waals surface area (Å²) in [5.74, 6) is 0. The molecule has 0 radical (unpaired) electrons. The molecule has 0 spiro atoms. The largest absolute Gasteiger partial charge is 0.314 e. The highest BCUT2D eigenvalue weighted by atomic mass is 79.9. The maximum absolute atomic E-state index is 10.9. The van der Waals surface area contributed by atoms with Crippen LogP contribution in [0.5, 0.6) is 0 Å². The number of rotatable bonds is 3. The van der Waals surface area contributed by atoms with Gasteiger partial charge in [0.2, 0.25) is 0 Å². The highest BCUT2D eigenvalue weighted by Crippen LogP contribution is 2.29. The minimum absolute atomic E-state index is 0.135. The van der Waals surface area contributed by atoms with Crippen molar-refractivity contribution >= 4 is 21.6 Å². The summed E-state index contributed by atoms with van der Waals surface area (Å²) in [6, 6.07) is 5.65. The third-order valence-corrected chi connectivity index (χ3v) is 4.18. The Bertz CT molecular complexity index is 453. The van der Waals surface area contributed by atoms with Crippen LogP contribution in [0.1, 0.15) is 12.5 Å². The van der Waals surface area contributed by atoms with Crippen molar-refractivity contribution in [3.8, 4) is 0 Å². The van der Waals surface area contributed by atoms with Crippen molar-refractivity contribution in [2.75, 3.05) is 19.6 Å². The molecule has 0 aliphatic carbocycles. The molecule has 0 saturated carbocycles. The highest BCUT2D eigenvalue weighted by molar-refractivity contribution is 9.10. The first-order valence-electron chi connectivity index (χ1n) is 5.96. The van der Waals surface area contributed by atoms with E-state index in [1.54, 1.807) is 6.07 Å². The van der Waals surface area contributed by atoms with E-state index in [4.69, 9.17) is 0 Å². The molecule has 2 rings (SSSR count). The van der Waals surface area contributed by atoms with Crippen LogP contribution in [-0.2, 0) is 6.54 Å². The van der Waals surface area contributed by atoms with Gasteiger partial charge in [-0.15, -0.1) is 0 Å². The molecule has 1 aromatic carbocycles. The lowest BCUT2D eigenvalue weighted by atomic mass is 10.1. The van der Waals surface area contributed by atoms with Crippen LogP contribution in [0.25, 0.3) is 0 Å². The van der Waals surface area contributed by atoms with Gasteiger partial charge < -0.3 is 5.32 Å². The zero-order valence-electron chi connectivity index (χ0n) is 10.2. The molecule has 1 aliphatic rings. The average molecular weight is 314 g/mol. The molecule has 0 bridgehead atoms. The van der Waals surface area contributed by atoms with Crippen molar-refractivity contribution in [3.63, 3.8) is 0 Å². The summed E-state index contributed by atoms with van der Waals surface area (Å²) in [5, 5.41) is 14.2. The van der Waals surface area contributed by atoms with Crippen LogP contribution in [-0.4, -0.2) is 35.5 Å². The Morgan fingerprint density at radius 2 is 2.39 bits per heavy atom. The van der Waals surface area contributed by atoms with E-state index in [9.17, 15) is 10.1 Å². The van der Waals surface area contributed by atoms with Gasteiger partial charge in [-0.1, -0.05) is 12.1 Å². The van der Waals surface area contributed by atoms with Crippen molar-refractivity contribution in [2.24, 2.45) is 0 Å². The molecule has 98 valence electrons. The first-order chi connectivity index (χ1) is 8.59. The van der Waals surface area contributed by atoms with Crippen LogP contribution in [0.2, 0.25) is 0 Å². The van der Waals surface area contributed by atoms with Gasteiger partial charge in [0.25, 0.3) is 5.69 Å². The second kappa shape index (κ2) is 5.77. The number of halogens is 1. The zero-order chi connectivity index (χ0) is 13.1. The molecule has 0 amide bonds. The molecular weight excluding hydrogens is 298 g/mol. The van der Waals surface area contributed by atoms with E-state index in [0.717, 1.165) is 31.7 Å². The summed E-state index contributed by atoms with van der Waals surface area (Å²) in [5.41, 5.74) is 1.10. The summed E-state index contributed by atoms with van der Waals surface area (Å²) in [7, 11) is 0. The zero-order valence-corrected chi connectivity index (χ0v) is 11.8. The minimum atomic E-state index is -0.352. The average Bonchev–Trinajstić information content (AvgIpc) is 2.34. The Morgan fingerprint density at radius 1 is 1.61 bits per heavy atom. The lowest BCUT2D eigenvalue weighted by molar-refractivity contribution is -0.385. The summed E-state index contributed by atoms with van der Waals surface area (Å²) >= 11 is 3.34. The molecule has 1 saturated heterocycles. The second-order valence-corrected chi connectivity index (χ2v) is 5.32. The predicted octanol–water partition coefficient (Wildman–Crippen LogP) is 2.15. The van der Waals surface area contributed by atoms with Crippen molar-refractivity contribution in [1.29, 1.82) is 0 Å². The van der Waals surface area contributed by atoms with Gasteiger partial charge in [-0.3, -0.25) is 15.0 Å². The van der Waals surface area contributed by atoms with Gasteiger partial charge in [0.15, 0.2) is 0 Å². The SMILES string of the molecule is C[C@@H]1CNCCN1Cc1cccc([N+](=O)[O-])c1Br. The fourth-order valence-corrected chi connectivity index (χ4v) is 2.70. The van der Waals surface area contributed by atoms with Gasteiger partial charge in [-0.2, -0.15) is 0 Å². The van der Waals surface area contributed by atoms with E-state index in [1.165, 1.54) is 6.07 Å². The van der Waals surface area contributed by atoms with Crippen LogP contribution in [0.4, 0.5) is 5.69 Å². The fourth-order valence-electron chi connectivity index (χ4n) is 2.17. The number of hydrogen-bond donors (Lipinski definition) is 1. The first kappa shape index (κ1) is 13.5. The smallest absolute Gasteiger partial charge is 0.283 e. The lowest BCUT2D eigenvalue weighted by Crippen LogP contribution is -2.49. The third kappa shape index (κ3) is 2.88. The third-order valence-electron chi connectivity index (χ3n) is 3.27. The van der Waals surface area contributed by atoms with E-state index in [0.29, 0.717) is 10.5 Å². The Balaban J connectivity index is 2.18. The van der Waals surface area contributed by atoms with E-state index < -0.39 is 0 Å². The van der Waals surface area contributed by atoms with Gasteiger partial charge in [-0.05, 0) is 28.4 Å². The molecule has 0 aromatic heterocycles. The fraction of sp³-hybridized carbons (Fsp3) is 0.500. The van der Waals surface area contributed by atoms with Crippen molar-refractivity contribution < 1.29 is 4.92 Å². The van der Waals surface area contributed by atoms with Crippen molar-refractivity contribution in [3.05, 3.63) is 38.3 Å². The van der Waals surface area contributed by atoms with Crippen molar-refractivity contribution in [2.45, 2.75) is 19.5 Å². The topological polar surface area (TPSA) is 58.4 Å². The summed E-state index contributed by atoms with van der Waals surface area (Å²) in [6.07, 6.45) is 0. The molecule has 18 heavy (non-hydrogen) atoms. The number of nitro groups is 1. The van der Waals surface area contributed by atoms with Crippen LogP contribution in [0.3, 0.4) is 0 Å². The van der Waals surface area contributed by atoms with Gasteiger partial charge in [0.05, 0.1) is 9.40 Å².